The van der Waals surface area contributed by atoms with Gasteiger partial charge < -0.3 is 4.74 Å². The number of benzene rings is 2. The third kappa shape index (κ3) is 6.50. The Hall–Kier alpha value is -2.66. The third-order valence-corrected chi connectivity index (χ3v) is 4.19. The molecule has 0 spiro atoms. The van der Waals surface area contributed by atoms with E-state index in [4.69, 9.17) is 4.74 Å². The first-order chi connectivity index (χ1) is 13.2. The zero-order valence-corrected chi connectivity index (χ0v) is 17.2. The average Bonchev–Trinajstić information content (AvgIpc) is 2.61. The molecule has 2 amide bonds. The van der Waals surface area contributed by atoms with Gasteiger partial charge in [0.15, 0.2) is 0 Å². The lowest BCUT2D eigenvalue weighted by molar-refractivity contribution is -0.123. The van der Waals surface area contributed by atoms with E-state index in [1.807, 2.05) is 74.5 Å². The summed E-state index contributed by atoms with van der Waals surface area (Å²) in [4.78, 5) is 24.8. The Kier molecular flexibility index (Phi) is 7.35. The molecule has 2 rings (SSSR count). The predicted octanol–water partition coefficient (Wildman–Crippen LogP) is 4.44. The summed E-state index contributed by atoms with van der Waals surface area (Å²) in [6, 6.07) is 19.1. The maximum Gasteiger partial charge on any atom is 0.414 e. The van der Waals surface area contributed by atoms with Crippen LogP contribution >= 0.6 is 0 Å². The highest BCUT2D eigenvalue weighted by Gasteiger charge is 2.29. The van der Waals surface area contributed by atoms with E-state index in [-0.39, 0.29) is 12.0 Å². The summed E-state index contributed by atoms with van der Waals surface area (Å²) in [6.07, 6.45) is -0.735. The molecule has 5 heteroatoms. The standard InChI is InChI=1S/C23H30N2O3/c1-16(2)19(21(26)25-22(27)28-23(3,4)5)24-20(17-12-8-6-9-13-17)18-14-10-7-11-15-18/h6-16,19-20,24H,1-5H3,(H,25,26,27)/t19-/m0/s1. The monoisotopic (exact) mass is 382 g/mol. The van der Waals surface area contributed by atoms with Gasteiger partial charge in [0.2, 0.25) is 5.91 Å². The van der Waals surface area contributed by atoms with Crippen LogP contribution in [0.1, 0.15) is 51.8 Å². The summed E-state index contributed by atoms with van der Waals surface area (Å²) in [5.74, 6) is -0.432. The summed E-state index contributed by atoms with van der Waals surface area (Å²) in [5.41, 5.74) is 1.43. The van der Waals surface area contributed by atoms with Gasteiger partial charge in [-0.1, -0.05) is 74.5 Å². The lowest BCUT2D eigenvalue weighted by atomic mass is 9.95. The van der Waals surface area contributed by atoms with E-state index in [1.165, 1.54) is 0 Å². The van der Waals surface area contributed by atoms with Gasteiger partial charge in [-0.2, -0.15) is 0 Å². The second-order valence-electron chi connectivity index (χ2n) is 8.13. The van der Waals surface area contributed by atoms with Crippen LogP contribution in [-0.2, 0) is 9.53 Å². The molecular weight excluding hydrogens is 352 g/mol. The van der Waals surface area contributed by atoms with Crippen LogP contribution in [-0.4, -0.2) is 23.6 Å². The number of carbonyl (C=O) groups is 2. The minimum atomic E-state index is -0.735. The van der Waals surface area contributed by atoms with Crippen LogP contribution in [0.2, 0.25) is 0 Å². The molecule has 2 aromatic carbocycles. The van der Waals surface area contributed by atoms with Crippen molar-refractivity contribution in [2.45, 2.75) is 52.3 Å². The van der Waals surface area contributed by atoms with Crippen LogP contribution in [0.15, 0.2) is 60.7 Å². The van der Waals surface area contributed by atoms with E-state index in [0.717, 1.165) is 11.1 Å². The Morgan fingerprint density at radius 3 is 1.71 bits per heavy atom. The maximum atomic E-state index is 12.8. The number of hydrogen-bond donors (Lipinski definition) is 2. The zero-order chi connectivity index (χ0) is 20.7. The smallest absolute Gasteiger partial charge is 0.414 e. The van der Waals surface area contributed by atoms with Gasteiger partial charge in [-0.25, -0.2) is 4.79 Å². The quantitative estimate of drug-likeness (QED) is 0.775. The van der Waals surface area contributed by atoms with Gasteiger partial charge in [-0.15, -0.1) is 0 Å². The molecule has 0 aliphatic rings. The van der Waals surface area contributed by atoms with Crippen molar-refractivity contribution in [2.24, 2.45) is 5.92 Å². The summed E-state index contributed by atoms with van der Waals surface area (Å²) >= 11 is 0. The number of hydrogen-bond acceptors (Lipinski definition) is 4. The molecule has 0 aliphatic heterocycles. The number of carbonyl (C=O) groups excluding carboxylic acids is 2. The van der Waals surface area contributed by atoms with Gasteiger partial charge in [0.05, 0.1) is 12.1 Å². The molecule has 2 aromatic rings. The maximum absolute atomic E-state index is 12.8. The molecule has 1 atom stereocenters. The van der Waals surface area contributed by atoms with Gasteiger partial charge in [0.1, 0.15) is 5.60 Å². The second kappa shape index (κ2) is 9.51. The van der Waals surface area contributed by atoms with Crippen LogP contribution in [0.5, 0.6) is 0 Å². The lowest BCUT2D eigenvalue weighted by Crippen LogP contribution is -2.51. The fourth-order valence-electron chi connectivity index (χ4n) is 2.91. The summed E-state index contributed by atoms with van der Waals surface area (Å²) in [7, 11) is 0. The van der Waals surface area contributed by atoms with Gasteiger partial charge >= 0.3 is 6.09 Å². The minimum Gasteiger partial charge on any atom is -0.444 e. The Bertz CT molecular complexity index is 728. The molecule has 0 saturated heterocycles. The van der Waals surface area contributed by atoms with Crippen molar-refractivity contribution < 1.29 is 14.3 Å². The van der Waals surface area contributed by atoms with E-state index >= 15 is 0 Å². The van der Waals surface area contributed by atoms with Crippen molar-refractivity contribution in [1.29, 1.82) is 0 Å². The number of nitrogens with one attached hydrogen (secondary N) is 2. The first-order valence-electron chi connectivity index (χ1n) is 9.57. The number of rotatable bonds is 6. The van der Waals surface area contributed by atoms with Crippen molar-refractivity contribution in [1.82, 2.24) is 10.6 Å². The third-order valence-electron chi connectivity index (χ3n) is 4.19. The Morgan fingerprint density at radius 1 is 0.857 bits per heavy atom. The zero-order valence-electron chi connectivity index (χ0n) is 17.2. The van der Waals surface area contributed by atoms with Crippen LogP contribution in [0.4, 0.5) is 4.79 Å². The van der Waals surface area contributed by atoms with E-state index in [2.05, 4.69) is 10.6 Å². The molecule has 0 aliphatic carbocycles. The van der Waals surface area contributed by atoms with Crippen molar-refractivity contribution in [3.63, 3.8) is 0 Å². The lowest BCUT2D eigenvalue weighted by Gasteiger charge is -2.28. The van der Waals surface area contributed by atoms with Gasteiger partial charge in [-0.3, -0.25) is 15.4 Å². The molecule has 0 radical (unpaired) electrons. The topological polar surface area (TPSA) is 67.4 Å². The van der Waals surface area contributed by atoms with Crippen LogP contribution < -0.4 is 10.6 Å². The van der Waals surface area contributed by atoms with E-state index < -0.39 is 23.6 Å². The highest BCUT2D eigenvalue weighted by Crippen LogP contribution is 2.23. The fraction of sp³-hybridized carbons (Fsp3) is 0.391. The van der Waals surface area contributed by atoms with E-state index in [0.29, 0.717) is 0 Å². The molecule has 28 heavy (non-hydrogen) atoms. The van der Waals surface area contributed by atoms with Crippen molar-refractivity contribution in [3.8, 4) is 0 Å². The minimum absolute atomic E-state index is 0.0302. The van der Waals surface area contributed by atoms with E-state index in [1.54, 1.807) is 20.8 Å². The number of imide groups is 1. The van der Waals surface area contributed by atoms with Gasteiger partial charge in [-0.05, 0) is 37.8 Å². The number of alkyl carbamates (subject to hydrolysis) is 1. The van der Waals surface area contributed by atoms with Crippen molar-refractivity contribution in [3.05, 3.63) is 71.8 Å². The SMILES string of the molecule is CC(C)[C@H](NC(c1ccccc1)c1ccccc1)C(=O)NC(=O)OC(C)(C)C. The number of ether oxygens (including phenoxy) is 1. The normalized spacial score (nSPS) is 12.7. The van der Waals surface area contributed by atoms with Gasteiger partial charge in [0.25, 0.3) is 0 Å². The van der Waals surface area contributed by atoms with Crippen LogP contribution in [0.25, 0.3) is 0 Å². The summed E-state index contributed by atoms with van der Waals surface area (Å²) in [6.45, 7) is 9.17. The predicted molar refractivity (Wildman–Crippen MR) is 111 cm³/mol. The Labute approximate surface area is 167 Å². The first kappa shape index (κ1) is 21.6. The van der Waals surface area contributed by atoms with E-state index in [9.17, 15) is 9.59 Å². The fourth-order valence-corrected chi connectivity index (χ4v) is 2.91. The Balaban J connectivity index is 2.23. The molecule has 0 bridgehead atoms. The largest absolute Gasteiger partial charge is 0.444 e. The van der Waals surface area contributed by atoms with Gasteiger partial charge in [0, 0.05) is 0 Å². The highest BCUT2D eigenvalue weighted by molar-refractivity contribution is 5.95. The first-order valence-corrected chi connectivity index (χ1v) is 9.57. The molecule has 5 nitrogen and oxygen atoms in total. The molecule has 0 heterocycles. The van der Waals surface area contributed by atoms with Crippen molar-refractivity contribution in [2.75, 3.05) is 0 Å². The molecule has 150 valence electrons. The second-order valence-corrected chi connectivity index (χ2v) is 8.13. The Morgan fingerprint density at radius 2 is 1.32 bits per heavy atom. The molecule has 0 unspecified atom stereocenters. The highest BCUT2D eigenvalue weighted by atomic mass is 16.6. The molecule has 0 aromatic heterocycles. The molecule has 2 N–H and O–H groups in total. The van der Waals surface area contributed by atoms with Crippen LogP contribution in [0, 0.1) is 5.92 Å². The molecule has 0 fully saturated rings. The number of amides is 2. The van der Waals surface area contributed by atoms with Crippen LogP contribution in [0.3, 0.4) is 0 Å². The summed E-state index contributed by atoms with van der Waals surface area (Å²) in [5, 5.41) is 5.80. The molecular formula is C23H30N2O3. The average molecular weight is 383 g/mol. The van der Waals surface area contributed by atoms with Crippen molar-refractivity contribution >= 4 is 12.0 Å². The summed E-state index contributed by atoms with van der Waals surface area (Å²) < 4.78 is 5.21. The molecule has 0 saturated carbocycles.